The van der Waals surface area contributed by atoms with Gasteiger partial charge in [-0.3, -0.25) is 4.79 Å². The second kappa shape index (κ2) is 7.77. The van der Waals surface area contributed by atoms with Crippen LogP contribution < -0.4 is 0 Å². The molecule has 2 aliphatic carbocycles. The highest BCUT2D eigenvalue weighted by Crippen LogP contribution is 2.60. The summed E-state index contributed by atoms with van der Waals surface area (Å²) in [6.07, 6.45) is 2.85. The van der Waals surface area contributed by atoms with E-state index in [2.05, 4.69) is 6.07 Å². The van der Waals surface area contributed by atoms with E-state index in [1.165, 1.54) is 11.6 Å². The molecule has 2 aromatic carbocycles. The molecule has 0 bridgehead atoms. The molecule has 0 aliphatic heterocycles. The first-order valence-electron chi connectivity index (χ1n) is 9.84. The molecule has 0 heterocycles. The summed E-state index contributed by atoms with van der Waals surface area (Å²) in [6.45, 7) is 4.04. The number of hydrogen-bond donors (Lipinski definition) is 0. The number of ether oxygens (including phenoxy) is 1. The van der Waals surface area contributed by atoms with Crippen molar-refractivity contribution in [2.45, 2.75) is 38.7 Å². The topological polar surface area (TPSA) is 26.3 Å². The lowest BCUT2D eigenvalue weighted by Crippen LogP contribution is -2.14. The SMILES string of the molecule is CC1(C)[C@H](C=C(Cl)Cl)[C@@H]1C(=O)O[C@@H]1C[C@@H](Cc2cccc(F)c2)c2ccccc21. The van der Waals surface area contributed by atoms with Crippen molar-refractivity contribution in [1.29, 1.82) is 0 Å². The molecule has 0 N–H and O–H groups in total. The number of carbonyl (C=O) groups excluding carboxylic acids is 1. The molecule has 0 spiro atoms. The third-order valence-electron chi connectivity index (χ3n) is 6.38. The van der Waals surface area contributed by atoms with Crippen molar-refractivity contribution in [2.75, 3.05) is 0 Å². The number of rotatable bonds is 5. The van der Waals surface area contributed by atoms with Gasteiger partial charge in [0.15, 0.2) is 0 Å². The lowest BCUT2D eigenvalue weighted by molar-refractivity contribution is -0.152. The second-order valence-electron chi connectivity index (χ2n) is 8.60. The maximum atomic E-state index is 13.6. The van der Waals surface area contributed by atoms with Gasteiger partial charge in [-0.25, -0.2) is 4.39 Å². The van der Waals surface area contributed by atoms with Crippen LogP contribution in [0.4, 0.5) is 4.39 Å². The fraction of sp³-hybridized carbons (Fsp3) is 0.375. The largest absolute Gasteiger partial charge is 0.457 e. The van der Waals surface area contributed by atoms with E-state index < -0.39 is 0 Å². The molecule has 4 rings (SSSR count). The maximum Gasteiger partial charge on any atom is 0.310 e. The average molecular weight is 433 g/mol. The standard InChI is InChI=1S/C24H23Cl2FO2/c1-24(2)19(13-21(25)26)22(24)23(28)29-20-12-15(17-8-3-4-9-18(17)20)10-14-6-5-7-16(27)11-14/h3-9,11,13,15,19-20,22H,10,12H2,1-2H3/t15-,19-,20-,22-/m1/s1. The maximum absolute atomic E-state index is 13.6. The Morgan fingerprint density at radius 2 is 1.90 bits per heavy atom. The Kier molecular flexibility index (Phi) is 5.48. The van der Waals surface area contributed by atoms with Crippen molar-refractivity contribution in [3.63, 3.8) is 0 Å². The quantitative estimate of drug-likeness (QED) is 0.489. The Morgan fingerprint density at radius 1 is 1.17 bits per heavy atom. The van der Waals surface area contributed by atoms with Gasteiger partial charge in [0, 0.05) is 0 Å². The predicted molar refractivity (Wildman–Crippen MR) is 113 cm³/mol. The van der Waals surface area contributed by atoms with Crippen molar-refractivity contribution in [3.05, 3.63) is 81.6 Å². The zero-order valence-corrected chi connectivity index (χ0v) is 17.9. The molecular formula is C24H23Cl2FO2. The smallest absolute Gasteiger partial charge is 0.310 e. The summed E-state index contributed by atoms with van der Waals surface area (Å²) in [6, 6.07) is 14.7. The fourth-order valence-corrected chi connectivity index (χ4v) is 5.00. The fourth-order valence-electron chi connectivity index (χ4n) is 4.73. The molecule has 0 saturated heterocycles. The highest BCUT2D eigenvalue weighted by atomic mass is 35.5. The number of esters is 1. The molecule has 4 atom stereocenters. The molecule has 0 radical (unpaired) electrons. The highest BCUT2D eigenvalue weighted by molar-refractivity contribution is 6.55. The van der Waals surface area contributed by atoms with Crippen LogP contribution in [0.15, 0.2) is 59.1 Å². The number of allylic oxidation sites excluding steroid dienone is 1. The Balaban J connectivity index is 1.51. The van der Waals surface area contributed by atoms with E-state index in [0.29, 0.717) is 12.8 Å². The van der Waals surface area contributed by atoms with Gasteiger partial charge in [-0.15, -0.1) is 0 Å². The third-order valence-corrected chi connectivity index (χ3v) is 6.63. The van der Waals surface area contributed by atoms with Crippen LogP contribution in [0.2, 0.25) is 0 Å². The average Bonchev–Trinajstić information content (AvgIpc) is 3.01. The van der Waals surface area contributed by atoms with E-state index in [1.54, 1.807) is 18.2 Å². The molecule has 2 aliphatic rings. The molecule has 5 heteroatoms. The Hall–Kier alpha value is -1.84. The first-order valence-corrected chi connectivity index (χ1v) is 10.6. The molecule has 1 fully saturated rings. The summed E-state index contributed by atoms with van der Waals surface area (Å²) in [5.41, 5.74) is 2.95. The van der Waals surface area contributed by atoms with Gasteiger partial charge in [0.25, 0.3) is 0 Å². The van der Waals surface area contributed by atoms with Crippen LogP contribution in [-0.4, -0.2) is 5.97 Å². The number of benzene rings is 2. The highest BCUT2D eigenvalue weighted by Gasteiger charge is 2.62. The van der Waals surface area contributed by atoms with Crippen molar-refractivity contribution in [3.8, 4) is 0 Å². The first kappa shape index (κ1) is 20.4. The number of carbonyl (C=O) groups is 1. The summed E-state index contributed by atoms with van der Waals surface area (Å²) < 4.78 is 19.7. The van der Waals surface area contributed by atoms with Gasteiger partial charge in [0.2, 0.25) is 0 Å². The Labute approximate surface area is 180 Å². The van der Waals surface area contributed by atoms with Crippen molar-refractivity contribution in [2.24, 2.45) is 17.3 Å². The molecule has 29 heavy (non-hydrogen) atoms. The zero-order valence-electron chi connectivity index (χ0n) is 16.4. The van der Waals surface area contributed by atoms with Crippen LogP contribution in [0, 0.1) is 23.1 Å². The molecule has 2 aromatic rings. The van der Waals surface area contributed by atoms with Crippen LogP contribution in [-0.2, 0) is 16.0 Å². The van der Waals surface area contributed by atoms with Crippen LogP contribution >= 0.6 is 23.2 Å². The minimum Gasteiger partial charge on any atom is -0.457 e. The van der Waals surface area contributed by atoms with Gasteiger partial charge in [0.1, 0.15) is 16.4 Å². The monoisotopic (exact) mass is 432 g/mol. The third kappa shape index (κ3) is 4.08. The lowest BCUT2D eigenvalue weighted by atomic mass is 9.93. The van der Waals surface area contributed by atoms with Gasteiger partial charge in [0.05, 0.1) is 5.92 Å². The van der Waals surface area contributed by atoms with Crippen molar-refractivity contribution < 1.29 is 13.9 Å². The van der Waals surface area contributed by atoms with E-state index >= 15 is 0 Å². The minimum absolute atomic E-state index is 0.0141. The van der Waals surface area contributed by atoms with Gasteiger partial charge in [-0.05, 0) is 65.0 Å². The Bertz CT molecular complexity index is 965. The van der Waals surface area contributed by atoms with Crippen LogP contribution in [0.1, 0.15) is 49.0 Å². The molecular weight excluding hydrogens is 410 g/mol. The van der Waals surface area contributed by atoms with Crippen molar-refractivity contribution in [1.82, 2.24) is 0 Å². The van der Waals surface area contributed by atoms with Gasteiger partial charge < -0.3 is 4.74 Å². The van der Waals surface area contributed by atoms with Crippen molar-refractivity contribution >= 4 is 29.2 Å². The van der Waals surface area contributed by atoms with Crippen LogP contribution in [0.3, 0.4) is 0 Å². The normalized spacial score (nSPS) is 26.5. The Morgan fingerprint density at radius 3 is 2.59 bits per heavy atom. The molecule has 0 aromatic heterocycles. The molecule has 0 amide bonds. The molecule has 2 nitrogen and oxygen atoms in total. The van der Waals surface area contributed by atoms with Crippen LogP contribution in [0.5, 0.6) is 0 Å². The number of halogens is 3. The van der Waals surface area contributed by atoms with E-state index in [0.717, 1.165) is 11.1 Å². The predicted octanol–water partition coefficient (Wildman–Crippen LogP) is 6.73. The summed E-state index contributed by atoms with van der Waals surface area (Å²) in [5.74, 6) is -0.517. The lowest BCUT2D eigenvalue weighted by Gasteiger charge is -2.15. The second-order valence-corrected chi connectivity index (χ2v) is 9.61. The van der Waals surface area contributed by atoms with Gasteiger partial charge in [-0.2, -0.15) is 0 Å². The van der Waals surface area contributed by atoms with E-state index in [1.807, 2.05) is 38.1 Å². The van der Waals surface area contributed by atoms with E-state index in [9.17, 15) is 9.18 Å². The number of hydrogen-bond acceptors (Lipinski definition) is 2. The van der Waals surface area contributed by atoms with E-state index in [4.69, 9.17) is 27.9 Å². The summed E-state index contributed by atoms with van der Waals surface area (Å²) in [4.78, 5) is 12.9. The van der Waals surface area contributed by atoms with Crippen LogP contribution in [0.25, 0.3) is 0 Å². The zero-order chi connectivity index (χ0) is 20.8. The summed E-state index contributed by atoms with van der Waals surface area (Å²) in [5, 5.41) is 0. The first-order chi connectivity index (χ1) is 13.8. The summed E-state index contributed by atoms with van der Waals surface area (Å²) >= 11 is 11.6. The summed E-state index contributed by atoms with van der Waals surface area (Å²) in [7, 11) is 0. The molecule has 0 unspecified atom stereocenters. The molecule has 152 valence electrons. The van der Waals surface area contributed by atoms with Gasteiger partial charge >= 0.3 is 5.97 Å². The minimum atomic E-state index is -0.287. The van der Waals surface area contributed by atoms with E-state index in [-0.39, 0.29) is 45.6 Å². The molecule has 1 saturated carbocycles. The number of fused-ring (bicyclic) bond motifs is 1. The van der Waals surface area contributed by atoms with Gasteiger partial charge in [-0.1, -0.05) is 73.4 Å².